The van der Waals surface area contributed by atoms with Crippen LogP contribution >= 0.6 is 11.8 Å². The number of alkyl halides is 3. The van der Waals surface area contributed by atoms with Crippen LogP contribution in [0.1, 0.15) is 5.56 Å². The zero-order valence-electron chi connectivity index (χ0n) is 14.1. The Labute approximate surface area is 160 Å². The lowest BCUT2D eigenvalue weighted by Crippen LogP contribution is -2.17. The molecule has 2 aromatic carbocycles. The predicted molar refractivity (Wildman–Crippen MR) is 96.4 cm³/mol. The Bertz CT molecular complexity index is 988. The Kier molecular flexibility index (Phi) is 5.54. The van der Waals surface area contributed by atoms with E-state index in [1.54, 1.807) is 0 Å². The molecule has 0 atom stereocenters. The first kappa shape index (κ1) is 19.7. The number of carbonyl (C=O) groups is 1. The molecule has 1 heterocycles. The topological polar surface area (TPSA) is 85.8 Å². The molecule has 11 heteroatoms. The van der Waals surface area contributed by atoms with E-state index in [2.05, 4.69) is 15.5 Å². The highest BCUT2D eigenvalue weighted by atomic mass is 32.2. The lowest BCUT2D eigenvalue weighted by Gasteiger charge is -2.09. The van der Waals surface area contributed by atoms with Crippen LogP contribution in [0.15, 0.2) is 53.7 Å². The third kappa shape index (κ3) is 4.60. The standard InChI is InChI=1S/C17H13F4N5OS/c18-12-6-4-10(5-7-12)15-24-25-16(26(15)22)28-9-14(27)23-13-3-1-2-11(8-13)17(19,20)21/h1-8H,9,22H2,(H,23,27). The van der Waals surface area contributed by atoms with E-state index >= 15 is 0 Å². The van der Waals surface area contributed by atoms with Gasteiger partial charge < -0.3 is 11.2 Å². The number of aromatic nitrogens is 3. The van der Waals surface area contributed by atoms with Gasteiger partial charge in [-0.1, -0.05) is 17.8 Å². The number of nitrogens with one attached hydrogen (secondary N) is 1. The van der Waals surface area contributed by atoms with E-state index in [4.69, 9.17) is 5.84 Å². The van der Waals surface area contributed by atoms with Crippen LogP contribution < -0.4 is 11.2 Å². The highest BCUT2D eigenvalue weighted by Gasteiger charge is 2.30. The maximum Gasteiger partial charge on any atom is 0.416 e. The molecule has 0 bridgehead atoms. The van der Waals surface area contributed by atoms with Crippen LogP contribution in [0.5, 0.6) is 0 Å². The molecule has 0 unspecified atom stereocenters. The Hall–Kier alpha value is -3.08. The van der Waals surface area contributed by atoms with Gasteiger partial charge in [0.2, 0.25) is 11.1 Å². The van der Waals surface area contributed by atoms with E-state index in [9.17, 15) is 22.4 Å². The summed E-state index contributed by atoms with van der Waals surface area (Å²) in [5.41, 5.74) is -0.290. The first-order valence-corrected chi connectivity index (χ1v) is 8.79. The smallest absolute Gasteiger partial charge is 0.335 e. The molecule has 3 aromatic rings. The number of carbonyl (C=O) groups excluding carboxylic acids is 1. The third-order valence-corrected chi connectivity index (χ3v) is 4.52. The first-order chi connectivity index (χ1) is 13.2. The molecule has 0 aliphatic carbocycles. The minimum Gasteiger partial charge on any atom is -0.335 e. The van der Waals surface area contributed by atoms with Gasteiger partial charge in [0.15, 0.2) is 5.82 Å². The molecule has 0 saturated carbocycles. The Morgan fingerprint density at radius 2 is 1.86 bits per heavy atom. The highest BCUT2D eigenvalue weighted by Crippen LogP contribution is 2.30. The van der Waals surface area contributed by atoms with Crippen molar-refractivity contribution in [2.45, 2.75) is 11.3 Å². The molecule has 28 heavy (non-hydrogen) atoms. The van der Waals surface area contributed by atoms with Crippen LogP contribution in [0, 0.1) is 5.82 Å². The number of amides is 1. The summed E-state index contributed by atoms with van der Waals surface area (Å²) in [5, 5.41) is 10.4. The summed E-state index contributed by atoms with van der Waals surface area (Å²) in [4.78, 5) is 12.0. The fraction of sp³-hybridized carbons (Fsp3) is 0.118. The molecule has 0 saturated heterocycles. The zero-order valence-corrected chi connectivity index (χ0v) is 14.9. The van der Waals surface area contributed by atoms with E-state index in [0.29, 0.717) is 5.56 Å². The number of rotatable bonds is 5. The van der Waals surface area contributed by atoms with Crippen molar-refractivity contribution in [2.75, 3.05) is 16.9 Å². The van der Waals surface area contributed by atoms with Crippen molar-refractivity contribution in [1.82, 2.24) is 14.9 Å². The molecular weight excluding hydrogens is 398 g/mol. The van der Waals surface area contributed by atoms with Crippen molar-refractivity contribution in [3.63, 3.8) is 0 Å². The van der Waals surface area contributed by atoms with Crippen molar-refractivity contribution in [1.29, 1.82) is 0 Å². The van der Waals surface area contributed by atoms with Crippen molar-refractivity contribution in [3.8, 4) is 11.4 Å². The number of halogens is 4. The number of nitrogen functional groups attached to an aromatic ring is 1. The fourth-order valence-electron chi connectivity index (χ4n) is 2.27. The van der Waals surface area contributed by atoms with Crippen LogP contribution in [-0.2, 0) is 11.0 Å². The van der Waals surface area contributed by atoms with E-state index in [-0.39, 0.29) is 22.4 Å². The Morgan fingerprint density at radius 3 is 2.54 bits per heavy atom. The molecule has 0 spiro atoms. The van der Waals surface area contributed by atoms with Gasteiger partial charge in [-0.05, 0) is 42.5 Å². The fourth-order valence-corrected chi connectivity index (χ4v) is 2.93. The molecule has 0 fully saturated rings. The third-order valence-electron chi connectivity index (χ3n) is 3.57. The van der Waals surface area contributed by atoms with Crippen molar-refractivity contribution >= 4 is 23.4 Å². The second-order valence-electron chi connectivity index (χ2n) is 5.60. The highest BCUT2D eigenvalue weighted by molar-refractivity contribution is 7.99. The maximum atomic E-state index is 13.0. The zero-order chi connectivity index (χ0) is 20.3. The number of thioether (sulfide) groups is 1. The van der Waals surface area contributed by atoms with Gasteiger partial charge in [-0.2, -0.15) is 13.2 Å². The maximum absolute atomic E-state index is 13.0. The Balaban J connectivity index is 1.63. The average molecular weight is 411 g/mol. The molecule has 1 amide bonds. The number of nitrogens with two attached hydrogens (primary N) is 1. The quantitative estimate of drug-likeness (QED) is 0.381. The van der Waals surface area contributed by atoms with Crippen LogP contribution in [0.4, 0.5) is 23.2 Å². The summed E-state index contributed by atoms with van der Waals surface area (Å²) in [6.45, 7) is 0. The number of anilines is 1. The van der Waals surface area contributed by atoms with Crippen LogP contribution in [-0.4, -0.2) is 26.5 Å². The van der Waals surface area contributed by atoms with E-state index in [1.807, 2.05) is 0 Å². The minimum absolute atomic E-state index is 0.0293. The molecule has 3 rings (SSSR count). The van der Waals surface area contributed by atoms with Gasteiger partial charge in [0.05, 0.1) is 11.3 Å². The number of nitrogens with zero attached hydrogens (tertiary/aromatic N) is 3. The number of hydrogen-bond donors (Lipinski definition) is 2. The van der Waals surface area contributed by atoms with Crippen molar-refractivity contribution in [2.24, 2.45) is 0 Å². The monoisotopic (exact) mass is 411 g/mol. The lowest BCUT2D eigenvalue weighted by atomic mass is 10.2. The molecule has 3 N–H and O–H groups in total. The molecule has 1 aromatic heterocycles. The van der Waals surface area contributed by atoms with E-state index < -0.39 is 23.5 Å². The number of hydrogen-bond acceptors (Lipinski definition) is 5. The van der Waals surface area contributed by atoms with Gasteiger partial charge in [0, 0.05) is 11.3 Å². The van der Waals surface area contributed by atoms with Gasteiger partial charge >= 0.3 is 6.18 Å². The molecule has 0 aliphatic heterocycles. The van der Waals surface area contributed by atoms with Crippen LogP contribution in [0.25, 0.3) is 11.4 Å². The van der Waals surface area contributed by atoms with E-state index in [0.717, 1.165) is 28.6 Å². The summed E-state index contributed by atoms with van der Waals surface area (Å²) in [7, 11) is 0. The molecular formula is C17H13F4N5OS. The SMILES string of the molecule is Nn1c(SCC(=O)Nc2cccc(C(F)(F)F)c2)nnc1-c1ccc(F)cc1. The second-order valence-corrected chi connectivity index (χ2v) is 6.54. The number of benzene rings is 2. The van der Waals surface area contributed by atoms with Crippen LogP contribution in [0.3, 0.4) is 0 Å². The normalized spacial score (nSPS) is 11.4. The van der Waals surface area contributed by atoms with Crippen molar-refractivity contribution < 1.29 is 22.4 Å². The van der Waals surface area contributed by atoms with Crippen LogP contribution in [0.2, 0.25) is 0 Å². The molecule has 6 nitrogen and oxygen atoms in total. The summed E-state index contributed by atoms with van der Waals surface area (Å²) in [6.07, 6.45) is -4.50. The average Bonchev–Trinajstić information content (AvgIpc) is 3.01. The predicted octanol–water partition coefficient (Wildman–Crippen LogP) is 3.55. The molecule has 0 aliphatic rings. The summed E-state index contributed by atoms with van der Waals surface area (Å²) >= 11 is 0.959. The summed E-state index contributed by atoms with van der Waals surface area (Å²) < 4.78 is 52.3. The minimum atomic E-state index is -4.50. The van der Waals surface area contributed by atoms with Gasteiger partial charge in [0.1, 0.15) is 5.82 Å². The van der Waals surface area contributed by atoms with Crippen molar-refractivity contribution in [3.05, 3.63) is 59.9 Å². The van der Waals surface area contributed by atoms with Gasteiger partial charge in [-0.3, -0.25) is 4.79 Å². The largest absolute Gasteiger partial charge is 0.416 e. The molecule has 146 valence electrons. The molecule has 0 radical (unpaired) electrons. The first-order valence-electron chi connectivity index (χ1n) is 7.80. The second kappa shape index (κ2) is 7.89. The summed E-state index contributed by atoms with van der Waals surface area (Å²) in [6, 6.07) is 9.79. The van der Waals surface area contributed by atoms with Gasteiger partial charge in [-0.25, -0.2) is 9.07 Å². The van der Waals surface area contributed by atoms with Gasteiger partial charge in [-0.15, -0.1) is 10.2 Å². The van der Waals surface area contributed by atoms with Gasteiger partial charge in [0.25, 0.3) is 0 Å². The summed E-state index contributed by atoms with van der Waals surface area (Å²) in [5.74, 6) is 5.09. The van der Waals surface area contributed by atoms with E-state index in [1.165, 1.54) is 36.4 Å². The lowest BCUT2D eigenvalue weighted by molar-refractivity contribution is -0.137. The Morgan fingerprint density at radius 1 is 1.14 bits per heavy atom.